The first-order valence-electron chi connectivity index (χ1n) is 6.85. The zero-order chi connectivity index (χ0) is 16.7. The second kappa shape index (κ2) is 7.96. The fourth-order valence-corrected chi connectivity index (χ4v) is 1.90. The van der Waals surface area contributed by atoms with Gasteiger partial charge in [0, 0.05) is 26.2 Å². The normalized spacial score (nSPS) is 9.95. The number of carbonyl (C=O) groups excluding carboxylic acids is 2. The third kappa shape index (κ3) is 4.18. The molecule has 8 nitrogen and oxygen atoms in total. The van der Waals surface area contributed by atoms with Crippen LogP contribution in [0.1, 0.15) is 24.2 Å². The smallest absolute Gasteiger partial charge is 0.338 e. The summed E-state index contributed by atoms with van der Waals surface area (Å²) in [6.45, 7) is 4.30. The van der Waals surface area contributed by atoms with E-state index in [-0.39, 0.29) is 23.8 Å². The summed E-state index contributed by atoms with van der Waals surface area (Å²) in [5.41, 5.74) is 0.0887. The van der Waals surface area contributed by atoms with Crippen molar-refractivity contribution in [3.63, 3.8) is 0 Å². The average molecular weight is 309 g/mol. The van der Waals surface area contributed by atoms with Crippen LogP contribution in [-0.2, 0) is 9.53 Å². The lowest BCUT2D eigenvalue weighted by molar-refractivity contribution is -0.384. The van der Waals surface area contributed by atoms with E-state index in [1.807, 2.05) is 13.8 Å². The first-order valence-corrected chi connectivity index (χ1v) is 6.85. The fraction of sp³-hybridized carbons (Fsp3) is 0.429. The number of amides is 1. The molecule has 0 spiro atoms. The summed E-state index contributed by atoms with van der Waals surface area (Å²) in [4.78, 5) is 35.5. The van der Waals surface area contributed by atoms with Gasteiger partial charge in [0.05, 0.1) is 10.5 Å². The Morgan fingerprint density at radius 2 is 1.95 bits per heavy atom. The summed E-state index contributed by atoms with van der Waals surface area (Å²) in [5.74, 6) is -1.08. The van der Waals surface area contributed by atoms with Gasteiger partial charge in [-0.15, -0.1) is 0 Å². The number of rotatable bonds is 7. The van der Waals surface area contributed by atoms with Crippen LogP contribution in [0.5, 0.6) is 0 Å². The fourth-order valence-electron chi connectivity index (χ4n) is 1.90. The molecule has 1 rings (SSSR count). The van der Waals surface area contributed by atoms with Crippen molar-refractivity contribution in [3.05, 3.63) is 33.9 Å². The van der Waals surface area contributed by atoms with Crippen LogP contribution < -0.4 is 5.32 Å². The molecule has 8 heteroatoms. The first kappa shape index (κ1) is 17.4. The number of ether oxygens (including phenoxy) is 1. The molecule has 0 bridgehead atoms. The molecule has 0 aliphatic rings. The van der Waals surface area contributed by atoms with Gasteiger partial charge < -0.3 is 15.0 Å². The largest absolute Gasteiger partial charge is 0.452 e. The number of nitro groups is 1. The molecular weight excluding hydrogens is 290 g/mol. The third-order valence-electron chi connectivity index (χ3n) is 3.14. The Labute approximate surface area is 128 Å². The number of nitro benzene ring substituents is 1. The predicted molar refractivity (Wildman–Crippen MR) is 80.9 cm³/mol. The molecule has 120 valence electrons. The molecule has 0 heterocycles. The van der Waals surface area contributed by atoms with E-state index in [0.29, 0.717) is 18.8 Å². The number of nitrogens with zero attached hydrogens (tertiary/aromatic N) is 2. The van der Waals surface area contributed by atoms with Crippen molar-refractivity contribution < 1.29 is 19.2 Å². The molecule has 1 amide bonds. The van der Waals surface area contributed by atoms with Crippen molar-refractivity contribution in [2.75, 3.05) is 32.1 Å². The van der Waals surface area contributed by atoms with Crippen molar-refractivity contribution in [3.8, 4) is 0 Å². The Bertz CT molecular complexity index is 570. The van der Waals surface area contributed by atoms with Gasteiger partial charge in [-0.2, -0.15) is 0 Å². The minimum atomic E-state index is -0.772. The zero-order valence-corrected chi connectivity index (χ0v) is 12.8. The molecular formula is C14H19N3O5. The van der Waals surface area contributed by atoms with Crippen LogP contribution in [0.15, 0.2) is 18.2 Å². The highest BCUT2D eigenvalue weighted by Crippen LogP contribution is 2.25. The monoisotopic (exact) mass is 309 g/mol. The third-order valence-corrected chi connectivity index (χ3v) is 3.14. The van der Waals surface area contributed by atoms with E-state index in [9.17, 15) is 19.7 Å². The molecule has 0 aliphatic heterocycles. The maximum atomic E-state index is 11.9. The van der Waals surface area contributed by atoms with Gasteiger partial charge in [0.1, 0.15) is 5.69 Å². The Morgan fingerprint density at radius 3 is 2.45 bits per heavy atom. The number of benzene rings is 1. The van der Waals surface area contributed by atoms with Crippen LogP contribution in [0, 0.1) is 10.1 Å². The van der Waals surface area contributed by atoms with Gasteiger partial charge in [-0.05, 0) is 26.0 Å². The highest BCUT2D eigenvalue weighted by Gasteiger charge is 2.19. The molecule has 0 atom stereocenters. The number of nitrogens with one attached hydrogen (secondary N) is 1. The van der Waals surface area contributed by atoms with Crippen molar-refractivity contribution in [1.82, 2.24) is 4.90 Å². The number of hydrogen-bond acceptors (Lipinski definition) is 6. The molecule has 0 saturated carbocycles. The Hall–Kier alpha value is -2.64. The van der Waals surface area contributed by atoms with Gasteiger partial charge in [-0.1, -0.05) is 0 Å². The Kier molecular flexibility index (Phi) is 6.30. The predicted octanol–water partition coefficient (Wildman–Crippen LogP) is 1.66. The summed E-state index contributed by atoms with van der Waals surface area (Å²) >= 11 is 0. The van der Waals surface area contributed by atoms with Crippen molar-refractivity contribution >= 4 is 23.3 Å². The number of carbonyl (C=O) groups is 2. The van der Waals surface area contributed by atoms with Gasteiger partial charge >= 0.3 is 5.97 Å². The van der Waals surface area contributed by atoms with Crippen molar-refractivity contribution in [2.45, 2.75) is 13.8 Å². The Balaban J connectivity index is 2.80. The minimum Gasteiger partial charge on any atom is -0.452 e. The second-order valence-corrected chi connectivity index (χ2v) is 4.38. The lowest BCUT2D eigenvalue weighted by Gasteiger charge is -2.18. The molecule has 1 N–H and O–H groups in total. The molecule has 22 heavy (non-hydrogen) atoms. The van der Waals surface area contributed by atoms with E-state index < -0.39 is 10.9 Å². The van der Waals surface area contributed by atoms with Crippen molar-refractivity contribution in [1.29, 1.82) is 0 Å². The molecule has 0 aromatic heterocycles. The number of esters is 1. The van der Waals surface area contributed by atoms with E-state index in [1.165, 1.54) is 17.0 Å². The maximum absolute atomic E-state index is 11.9. The lowest BCUT2D eigenvalue weighted by atomic mass is 10.1. The second-order valence-electron chi connectivity index (χ2n) is 4.38. The van der Waals surface area contributed by atoms with E-state index in [0.717, 1.165) is 6.07 Å². The summed E-state index contributed by atoms with van der Waals surface area (Å²) in [6, 6.07) is 3.94. The molecule has 0 fully saturated rings. The highest BCUT2D eigenvalue weighted by molar-refractivity contribution is 5.93. The van der Waals surface area contributed by atoms with Gasteiger partial charge in [0.15, 0.2) is 6.61 Å². The van der Waals surface area contributed by atoms with E-state index in [1.54, 1.807) is 7.05 Å². The molecule has 0 unspecified atom stereocenters. The van der Waals surface area contributed by atoms with Crippen LogP contribution in [0.25, 0.3) is 0 Å². The highest BCUT2D eigenvalue weighted by atomic mass is 16.6. The van der Waals surface area contributed by atoms with E-state index in [2.05, 4.69) is 5.32 Å². The first-order chi connectivity index (χ1) is 10.4. The van der Waals surface area contributed by atoms with Gasteiger partial charge in [-0.25, -0.2) is 4.79 Å². The molecule has 0 saturated heterocycles. The topological polar surface area (TPSA) is 102 Å². The van der Waals surface area contributed by atoms with Crippen LogP contribution in [0.4, 0.5) is 11.4 Å². The molecule has 0 aliphatic carbocycles. The summed E-state index contributed by atoms with van der Waals surface area (Å²) in [5, 5.41) is 13.6. The number of likely N-dealkylation sites (N-methyl/N-ethyl adjacent to an activating group) is 1. The quantitative estimate of drug-likeness (QED) is 0.467. The molecule has 0 radical (unpaired) electrons. The van der Waals surface area contributed by atoms with Gasteiger partial charge in [-0.3, -0.25) is 14.9 Å². The molecule has 1 aromatic rings. The van der Waals surface area contributed by atoms with Gasteiger partial charge in [0.25, 0.3) is 11.6 Å². The maximum Gasteiger partial charge on any atom is 0.338 e. The average Bonchev–Trinajstić information content (AvgIpc) is 2.52. The van der Waals surface area contributed by atoms with Crippen LogP contribution >= 0.6 is 0 Å². The van der Waals surface area contributed by atoms with Crippen molar-refractivity contribution in [2.24, 2.45) is 0 Å². The van der Waals surface area contributed by atoms with Gasteiger partial charge in [0.2, 0.25) is 0 Å². The minimum absolute atomic E-state index is 0.0260. The van der Waals surface area contributed by atoms with Crippen LogP contribution in [0.3, 0.4) is 0 Å². The summed E-state index contributed by atoms with van der Waals surface area (Å²) in [6.07, 6.45) is 0. The SMILES string of the molecule is CCN(CC)C(=O)COC(=O)c1ccc(NC)c([N+](=O)[O-])c1. The Morgan fingerprint density at radius 1 is 1.32 bits per heavy atom. The summed E-state index contributed by atoms with van der Waals surface area (Å²) < 4.78 is 4.91. The lowest BCUT2D eigenvalue weighted by Crippen LogP contribution is -2.34. The van der Waals surface area contributed by atoms with E-state index >= 15 is 0 Å². The standard InChI is InChI=1S/C14H19N3O5/c1-4-16(5-2)13(18)9-22-14(19)10-6-7-11(15-3)12(8-10)17(20)21/h6-8,15H,4-5,9H2,1-3H3. The summed E-state index contributed by atoms with van der Waals surface area (Å²) in [7, 11) is 1.54. The van der Waals surface area contributed by atoms with E-state index in [4.69, 9.17) is 4.74 Å². The van der Waals surface area contributed by atoms with Crippen LogP contribution in [-0.4, -0.2) is 48.4 Å². The van der Waals surface area contributed by atoms with Crippen LogP contribution in [0.2, 0.25) is 0 Å². The number of hydrogen-bond donors (Lipinski definition) is 1. The zero-order valence-electron chi connectivity index (χ0n) is 12.8. The molecule has 1 aromatic carbocycles. The number of anilines is 1.